The van der Waals surface area contributed by atoms with E-state index in [1.54, 1.807) is 68.0 Å². The van der Waals surface area contributed by atoms with Gasteiger partial charge in [0, 0.05) is 24.6 Å². The average molecular weight is 503 g/mol. The lowest BCUT2D eigenvalue weighted by molar-refractivity contribution is -0.124. The first-order valence-corrected chi connectivity index (χ1v) is 12.2. The van der Waals surface area contributed by atoms with Gasteiger partial charge in [0.15, 0.2) is 0 Å². The lowest BCUT2D eigenvalue weighted by atomic mass is 10.1. The van der Waals surface area contributed by atoms with Crippen molar-refractivity contribution in [3.63, 3.8) is 0 Å². The molecule has 1 aromatic heterocycles. The van der Waals surface area contributed by atoms with Crippen molar-refractivity contribution in [3.8, 4) is 11.5 Å². The summed E-state index contributed by atoms with van der Waals surface area (Å²) in [5.74, 6) is 0.524. The summed E-state index contributed by atoms with van der Waals surface area (Å²) in [5.41, 5.74) is 1.99. The molecule has 2 heterocycles. The molecule has 1 atom stereocenters. The minimum Gasteiger partial charge on any atom is -0.497 e. The highest BCUT2D eigenvalue weighted by Gasteiger charge is 2.46. The summed E-state index contributed by atoms with van der Waals surface area (Å²) in [6.07, 6.45) is 4.62. The van der Waals surface area contributed by atoms with Crippen LogP contribution in [0, 0.1) is 0 Å². The molecule has 1 aliphatic heterocycles. The van der Waals surface area contributed by atoms with E-state index in [0.717, 1.165) is 16.9 Å². The molecular weight excluding hydrogens is 472 g/mol. The average Bonchev–Trinajstić information content (AvgIpc) is 3.15. The van der Waals surface area contributed by atoms with E-state index in [2.05, 4.69) is 10.3 Å². The first-order chi connectivity index (χ1) is 18.0. The molecule has 9 heteroatoms. The van der Waals surface area contributed by atoms with Crippen LogP contribution in [0.15, 0.2) is 73.1 Å². The monoisotopic (exact) mass is 502 g/mol. The van der Waals surface area contributed by atoms with Crippen LogP contribution in [0.2, 0.25) is 0 Å². The molecule has 37 heavy (non-hydrogen) atoms. The fourth-order valence-electron chi connectivity index (χ4n) is 4.10. The lowest BCUT2D eigenvalue weighted by Crippen LogP contribution is -2.39. The first-order valence-electron chi connectivity index (χ1n) is 12.2. The van der Waals surface area contributed by atoms with Crippen LogP contribution in [-0.2, 0) is 16.0 Å². The normalized spacial score (nSPS) is 15.1. The predicted octanol–water partition coefficient (Wildman–Crippen LogP) is 4.29. The maximum Gasteiger partial charge on any atom is 0.332 e. The number of rotatable bonds is 11. The summed E-state index contributed by atoms with van der Waals surface area (Å²) in [4.78, 5) is 46.4. The van der Waals surface area contributed by atoms with Gasteiger partial charge in [-0.3, -0.25) is 14.6 Å². The van der Waals surface area contributed by atoms with E-state index in [9.17, 15) is 14.4 Å². The highest BCUT2D eigenvalue weighted by Crippen LogP contribution is 2.29. The quantitative estimate of drug-likeness (QED) is 0.393. The number of benzene rings is 2. The Morgan fingerprint density at radius 3 is 2.30 bits per heavy atom. The zero-order chi connectivity index (χ0) is 26.2. The zero-order valence-electron chi connectivity index (χ0n) is 20.9. The molecule has 0 spiro atoms. The molecule has 1 saturated heterocycles. The molecule has 192 valence electrons. The minimum absolute atomic E-state index is 0.165. The number of hydrogen-bond acceptors (Lipinski definition) is 6. The number of pyridine rings is 1. The Balaban J connectivity index is 1.50. The van der Waals surface area contributed by atoms with Crippen LogP contribution >= 0.6 is 0 Å². The van der Waals surface area contributed by atoms with Gasteiger partial charge in [0.2, 0.25) is 5.91 Å². The van der Waals surface area contributed by atoms with Crippen LogP contribution in [0.5, 0.6) is 11.5 Å². The molecule has 2 aromatic carbocycles. The highest BCUT2D eigenvalue weighted by molar-refractivity contribution is 6.22. The summed E-state index contributed by atoms with van der Waals surface area (Å²) in [6, 6.07) is 16.1. The molecular formula is C28H30N4O5. The third-order valence-corrected chi connectivity index (χ3v) is 6.03. The minimum atomic E-state index is -0.927. The largest absolute Gasteiger partial charge is 0.497 e. The first kappa shape index (κ1) is 25.7. The predicted molar refractivity (Wildman–Crippen MR) is 140 cm³/mol. The molecule has 3 aromatic rings. The molecule has 4 rings (SSSR count). The topological polar surface area (TPSA) is 101 Å². The van der Waals surface area contributed by atoms with Crippen molar-refractivity contribution in [2.75, 3.05) is 30.5 Å². The zero-order valence-corrected chi connectivity index (χ0v) is 20.9. The molecule has 0 radical (unpaired) electrons. The van der Waals surface area contributed by atoms with Crippen LogP contribution in [0.4, 0.5) is 16.2 Å². The van der Waals surface area contributed by atoms with Gasteiger partial charge in [-0.05, 0) is 79.1 Å². The van der Waals surface area contributed by atoms with E-state index in [1.807, 2.05) is 19.1 Å². The summed E-state index contributed by atoms with van der Waals surface area (Å²) in [5, 5.41) is 2.82. The SMILES string of the molecule is CCCOc1ccc(NC(=O)C[C@@H]2C(=O)N(c3ccc(OC)cc3)C(=O)N2CCc2ccncc2)cc1. The third-order valence-electron chi connectivity index (χ3n) is 6.03. The molecule has 0 saturated carbocycles. The molecule has 9 nitrogen and oxygen atoms in total. The van der Waals surface area contributed by atoms with Crippen molar-refractivity contribution in [1.82, 2.24) is 9.88 Å². The van der Waals surface area contributed by atoms with Crippen molar-refractivity contribution in [1.29, 1.82) is 0 Å². The second-order valence-corrected chi connectivity index (χ2v) is 8.59. The second-order valence-electron chi connectivity index (χ2n) is 8.59. The van der Waals surface area contributed by atoms with E-state index in [-0.39, 0.29) is 18.9 Å². The lowest BCUT2D eigenvalue weighted by Gasteiger charge is -2.21. The fourth-order valence-corrected chi connectivity index (χ4v) is 4.10. The molecule has 0 aliphatic carbocycles. The molecule has 0 bridgehead atoms. The van der Waals surface area contributed by atoms with Crippen LogP contribution < -0.4 is 19.7 Å². The summed E-state index contributed by atoms with van der Waals surface area (Å²) in [6.45, 7) is 2.92. The van der Waals surface area contributed by atoms with Crippen LogP contribution in [0.3, 0.4) is 0 Å². The van der Waals surface area contributed by atoms with Crippen LogP contribution in [-0.4, -0.2) is 54.0 Å². The van der Waals surface area contributed by atoms with Gasteiger partial charge in [-0.15, -0.1) is 0 Å². The number of carbonyl (C=O) groups is 3. The van der Waals surface area contributed by atoms with E-state index in [1.165, 1.54) is 4.90 Å². The van der Waals surface area contributed by atoms with Gasteiger partial charge < -0.3 is 19.7 Å². The number of nitrogens with zero attached hydrogens (tertiary/aromatic N) is 3. The number of aromatic nitrogens is 1. The number of methoxy groups -OCH3 is 1. The molecule has 1 fully saturated rings. The number of urea groups is 1. The number of amides is 4. The summed E-state index contributed by atoms with van der Waals surface area (Å²) < 4.78 is 10.8. The Labute approximate surface area is 216 Å². The Bertz CT molecular complexity index is 1220. The van der Waals surface area contributed by atoms with Gasteiger partial charge >= 0.3 is 6.03 Å². The van der Waals surface area contributed by atoms with Crippen LogP contribution in [0.1, 0.15) is 25.3 Å². The van der Waals surface area contributed by atoms with Crippen LogP contribution in [0.25, 0.3) is 0 Å². The van der Waals surface area contributed by atoms with Gasteiger partial charge in [-0.1, -0.05) is 6.92 Å². The van der Waals surface area contributed by atoms with E-state index in [4.69, 9.17) is 9.47 Å². The van der Waals surface area contributed by atoms with Gasteiger partial charge in [-0.25, -0.2) is 9.69 Å². The molecule has 4 amide bonds. The molecule has 1 N–H and O–H groups in total. The number of carbonyl (C=O) groups excluding carboxylic acids is 3. The van der Waals surface area contributed by atoms with Crippen molar-refractivity contribution in [3.05, 3.63) is 78.6 Å². The maximum atomic E-state index is 13.5. The highest BCUT2D eigenvalue weighted by atomic mass is 16.5. The van der Waals surface area contributed by atoms with E-state index in [0.29, 0.717) is 35.9 Å². The smallest absolute Gasteiger partial charge is 0.332 e. The second kappa shape index (κ2) is 12.0. The van der Waals surface area contributed by atoms with Gasteiger partial charge in [0.25, 0.3) is 5.91 Å². The maximum absolute atomic E-state index is 13.5. The Hall–Kier alpha value is -4.40. The summed E-state index contributed by atoms with van der Waals surface area (Å²) in [7, 11) is 1.54. The number of imide groups is 1. The third kappa shape index (κ3) is 6.24. The van der Waals surface area contributed by atoms with Crippen molar-refractivity contribution in [2.24, 2.45) is 0 Å². The Morgan fingerprint density at radius 1 is 0.973 bits per heavy atom. The van der Waals surface area contributed by atoms with E-state index >= 15 is 0 Å². The van der Waals surface area contributed by atoms with Crippen molar-refractivity contribution >= 4 is 29.2 Å². The Morgan fingerprint density at radius 2 is 1.65 bits per heavy atom. The van der Waals surface area contributed by atoms with Gasteiger partial charge in [-0.2, -0.15) is 0 Å². The fraction of sp³-hybridized carbons (Fsp3) is 0.286. The van der Waals surface area contributed by atoms with Crippen molar-refractivity contribution < 1.29 is 23.9 Å². The van der Waals surface area contributed by atoms with Gasteiger partial charge in [0.05, 0.1) is 25.8 Å². The molecule has 0 unspecified atom stereocenters. The summed E-state index contributed by atoms with van der Waals surface area (Å²) >= 11 is 0. The van der Waals surface area contributed by atoms with Crippen molar-refractivity contribution in [2.45, 2.75) is 32.2 Å². The number of ether oxygens (including phenoxy) is 2. The van der Waals surface area contributed by atoms with Gasteiger partial charge in [0.1, 0.15) is 17.5 Å². The Kier molecular flexibility index (Phi) is 8.35. The number of nitrogens with one attached hydrogen (secondary N) is 1. The number of hydrogen-bond donors (Lipinski definition) is 1. The standard InChI is InChI=1S/C28H30N4O5/c1-3-18-37-24-8-4-21(5-9-24)30-26(33)19-25-27(34)32(22-6-10-23(36-2)11-7-22)28(35)31(25)17-14-20-12-15-29-16-13-20/h4-13,15-16,25H,3,14,17-19H2,1-2H3,(H,30,33)/t25-/m1/s1. The number of anilines is 2. The van der Waals surface area contributed by atoms with E-state index < -0.39 is 18.0 Å². The molecule has 1 aliphatic rings.